The van der Waals surface area contributed by atoms with Crippen LogP contribution >= 0.6 is 23.2 Å². The molecule has 1 aliphatic rings. The van der Waals surface area contributed by atoms with Gasteiger partial charge in [0.05, 0.1) is 17.2 Å². The van der Waals surface area contributed by atoms with Crippen LogP contribution in [-0.4, -0.2) is 41.5 Å². The Labute approximate surface area is 178 Å². The summed E-state index contributed by atoms with van der Waals surface area (Å²) < 4.78 is 5.32. The van der Waals surface area contributed by atoms with Gasteiger partial charge in [-0.05, 0) is 43.2 Å². The molecule has 0 bridgehead atoms. The van der Waals surface area contributed by atoms with E-state index in [1.165, 1.54) is 0 Å². The second-order valence-corrected chi connectivity index (χ2v) is 7.84. The molecule has 1 aromatic heterocycles. The molecule has 1 amide bonds. The molecule has 0 saturated heterocycles. The quantitative estimate of drug-likeness (QED) is 0.605. The van der Waals surface area contributed by atoms with Gasteiger partial charge in [-0.2, -0.15) is 0 Å². The monoisotopic (exact) mass is 430 g/mol. The molecule has 0 spiro atoms. The molecule has 2 aromatic carbocycles. The van der Waals surface area contributed by atoms with Crippen LogP contribution in [0.2, 0.25) is 10.0 Å². The number of aromatic nitrogens is 1. The number of carbonyl (C=O) groups excluding carboxylic acids is 2. The number of nitrogens with one attached hydrogen (secondary N) is 1. The van der Waals surface area contributed by atoms with Crippen LogP contribution in [0.1, 0.15) is 34.5 Å². The van der Waals surface area contributed by atoms with Gasteiger partial charge in [0.25, 0.3) is 5.91 Å². The smallest absolute Gasteiger partial charge is 0.316 e. The molecule has 3 aromatic rings. The topological polar surface area (TPSA) is 62.4 Å². The number of hydrogen-bond donors (Lipinski definition) is 1. The van der Waals surface area contributed by atoms with E-state index in [9.17, 15) is 9.59 Å². The van der Waals surface area contributed by atoms with E-state index in [1.807, 2.05) is 24.3 Å². The molecule has 0 saturated carbocycles. The van der Waals surface area contributed by atoms with Gasteiger partial charge >= 0.3 is 5.97 Å². The number of carbonyl (C=O) groups is 2. The minimum atomic E-state index is -0.588. The lowest BCUT2D eigenvalue weighted by atomic mass is 10.00. The number of halogens is 2. The number of esters is 1. The van der Waals surface area contributed by atoms with Crippen LogP contribution in [0.4, 0.5) is 0 Å². The second-order valence-electron chi connectivity index (χ2n) is 6.99. The lowest BCUT2D eigenvalue weighted by Crippen LogP contribution is -2.37. The number of fused-ring (bicyclic) bond motifs is 3. The lowest BCUT2D eigenvalue weighted by molar-refractivity contribution is -0.145. The van der Waals surface area contributed by atoms with Crippen molar-refractivity contribution >= 4 is 46.0 Å². The molecule has 0 radical (unpaired) electrons. The zero-order valence-corrected chi connectivity index (χ0v) is 17.4. The normalized spacial score (nSPS) is 16.4. The number of nitrogens with zero attached hydrogens (tertiary/aromatic N) is 1. The van der Waals surface area contributed by atoms with Gasteiger partial charge in [-0.1, -0.05) is 41.4 Å². The van der Waals surface area contributed by atoms with Crippen LogP contribution in [0.25, 0.3) is 10.9 Å². The first-order chi connectivity index (χ1) is 14.0. The average molecular weight is 431 g/mol. The maximum absolute atomic E-state index is 13.2. The SMILES string of the molecule is CCOC(=O)C1CN(C(=O)c2ccc(Cl)cc2Cl)CCc2c1[nH]c1ccccc21. The maximum atomic E-state index is 13.2. The first-order valence-electron chi connectivity index (χ1n) is 9.50. The lowest BCUT2D eigenvalue weighted by Gasteiger charge is -2.24. The minimum absolute atomic E-state index is 0.219. The Morgan fingerprint density at radius 3 is 2.76 bits per heavy atom. The summed E-state index contributed by atoms with van der Waals surface area (Å²) in [5.41, 5.74) is 3.22. The third-order valence-electron chi connectivity index (χ3n) is 5.25. The van der Waals surface area contributed by atoms with Crippen molar-refractivity contribution in [2.24, 2.45) is 0 Å². The number of aromatic amines is 1. The molecular weight excluding hydrogens is 411 g/mol. The minimum Gasteiger partial charge on any atom is -0.465 e. The highest BCUT2D eigenvalue weighted by molar-refractivity contribution is 6.36. The van der Waals surface area contributed by atoms with Gasteiger partial charge in [-0.3, -0.25) is 9.59 Å². The summed E-state index contributed by atoms with van der Waals surface area (Å²) in [5.74, 6) is -1.16. The molecule has 1 unspecified atom stereocenters. The summed E-state index contributed by atoms with van der Waals surface area (Å²) in [6.07, 6.45) is 0.631. The van der Waals surface area contributed by atoms with Crippen LogP contribution in [0.15, 0.2) is 42.5 Å². The van der Waals surface area contributed by atoms with Gasteiger partial charge in [0.15, 0.2) is 0 Å². The molecule has 1 N–H and O–H groups in total. The summed E-state index contributed by atoms with van der Waals surface area (Å²) in [5, 5.41) is 1.83. The number of ether oxygens (including phenoxy) is 1. The van der Waals surface area contributed by atoms with Crippen LogP contribution in [0.3, 0.4) is 0 Å². The van der Waals surface area contributed by atoms with E-state index in [0.717, 1.165) is 22.2 Å². The number of para-hydroxylation sites is 1. The molecular formula is C22H20Cl2N2O3. The van der Waals surface area contributed by atoms with Crippen molar-refractivity contribution in [1.29, 1.82) is 0 Å². The van der Waals surface area contributed by atoms with Crippen molar-refractivity contribution in [2.45, 2.75) is 19.3 Å². The molecule has 4 rings (SSSR count). The van der Waals surface area contributed by atoms with Crippen molar-refractivity contribution in [3.63, 3.8) is 0 Å². The highest BCUT2D eigenvalue weighted by atomic mass is 35.5. The zero-order chi connectivity index (χ0) is 20.5. The standard InChI is InChI=1S/C22H20Cl2N2O3/c1-2-29-22(28)17-12-26(21(27)16-8-7-13(23)11-18(16)24)10-9-15-14-5-3-4-6-19(14)25-20(15)17/h3-8,11,17,25H,2,9-10,12H2,1H3. The highest BCUT2D eigenvalue weighted by Gasteiger charge is 2.34. The van der Waals surface area contributed by atoms with Gasteiger partial charge < -0.3 is 14.6 Å². The van der Waals surface area contributed by atoms with Gasteiger partial charge in [-0.15, -0.1) is 0 Å². The molecule has 150 valence electrons. The van der Waals surface area contributed by atoms with Crippen LogP contribution in [-0.2, 0) is 16.0 Å². The predicted octanol–water partition coefficient (Wildman–Crippen LogP) is 4.82. The molecule has 2 heterocycles. The molecule has 7 heteroatoms. The number of hydrogen-bond acceptors (Lipinski definition) is 3. The van der Waals surface area contributed by atoms with E-state index in [1.54, 1.807) is 30.0 Å². The fraction of sp³-hybridized carbons (Fsp3) is 0.273. The van der Waals surface area contributed by atoms with Crippen LogP contribution in [0, 0.1) is 0 Å². The highest BCUT2D eigenvalue weighted by Crippen LogP contribution is 2.33. The van der Waals surface area contributed by atoms with Gasteiger partial charge in [0.1, 0.15) is 5.92 Å². The fourth-order valence-electron chi connectivity index (χ4n) is 3.89. The van der Waals surface area contributed by atoms with Gasteiger partial charge in [-0.25, -0.2) is 0 Å². The molecule has 1 aliphatic heterocycles. The second kappa shape index (κ2) is 8.09. The summed E-state index contributed by atoms with van der Waals surface area (Å²) in [4.78, 5) is 31.0. The molecule has 0 fully saturated rings. The summed E-state index contributed by atoms with van der Waals surface area (Å²) in [6.45, 7) is 2.75. The number of rotatable bonds is 3. The third-order valence-corrected chi connectivity index (χ3v) is 5.80. The number of amides is 1. The van der Waals surface area contributed by atoms with Crippen molar-refractivity contribution in [1.82, 2.24) is 9.88 Å². The number of H-pyrrole nitrogens is 1. The van der Waals surface area contributed by atoms with E-state index in [-0.39, 0.29) is 25.0 Å². The molecule has 0 aliphatic carbocycles. The van der Waals surface area contributed by atoms with E-state index in [2.05, 4.69) is 4.98 Å². The van der Waals surface area contributed by atoms with E-state index in [0.29, 0.717) is 28.6 Å². The van der Waals surface area contributed by atoms with Crippen molar-refractivity contribution in [3.05, 3.63) is 69.3 Å². The van der Waals surface area contributed by atoms with Crippen molar-refractivity contribution in [3.8, 4) is 0 Å². The Bertz CT molecular complexity index is 1090. The maximum Gasteiger partial charge on any atom is 0.316 e. The Morgan fingerprint density at radius 1 is 1.21 bits per heavy atom. The molecule has 1 atom stereocenters. The van der Waals surface area contributed by atoms with Gasteiger partial charge in [0.2, 0.25) is 0 Å². The Balaban J connectivity index is 1.73. The molecule has 5 nitrogen and oxygen atoms in total. The summed E-state index contributed by atoms with van der Waals surface area (Å²) in [6, 6.07) is 12.7. The fourth-order valence-corrected chi connectivity index (χ4v) is 4.38. The molecule has 29 heavy (non-hydrogen) atoms. The van der Waals surface area contributed by atoms with Crippen molar-refractivity contribution < 1.29 is 14.3 Å². The van der Waals surface area contributed by atoms with Gasteiger partial charge in [0, 0.05) is 34.7 Å². The first kappa shape index (κ1) is 19.8. The first-order valence-corrected chi connectivity index (χ1v) is 10.3. The zero-order valence-electron chi connectivity index (χ0n) is 15.9. The predicted molar refractivity (Wildman–Crippen MR) is 114 cm³/mol. The Hall–Kier alpha value is -2.50. The third kappa shape index (κ3) is 3.72. The van der Waals surface area contributed by atoms with Crippen LogP contribution in [0.5, 0.6) is 0 Å². The Morgan fingerprint density at radius 2 is 2.00 bits per heavy atom. The van der Waals surface area contributed by atoms with E-state index in [4.69, 9.17) is 27.9 Å². The Kier molecular flexibility index (Phi) is 5.52. The average Bonchev–Trinajstić information content (AvgIpc) is 2.95. The summed E-state index contributed by atoms with van der Waals surface area (Å²) in [7, 11) is 0. The summed E-state index contributed by atoms with van der Waals surface area (Å²) >= 11 is 12.2. The largest absolute Gasteiger partial charge is 0.465 e. The van der Waals surface area contributed by atoms with E-state index >= 15 is 0 Å². The van der Waals surface area contributed by atoms with Crippen LogP contribution < -0.4 is 0 Å². The van der Waals surface area contributed by atoms with E-state index < -0.39 is 5.92 Å². The number of benzene rings is 2. The van der Waals surface area contributed by atoms with Crippen molar-refractivity contribution in [2.75, 3.05) is 19.7 Å².